The van der Waals surface area contributed by atoms with Crippen LogP contribution in [0.3, 0.4) is 0 Å². The van der Waals surface area contributed by atoms with E-state index >= 15 is 0 Å². The zero-order valence-corrected chi connectivity index (χ0v) is 12.9. The van der Waals surface area contributed by atoms with Crippen LogP contribution in [0, 0.1) is 10.1 Å². The lowest BCUT2D eigenvalue weighted by molar-refractivity contribution is -0.385. The van der Waals surface area contributed by atoms with E-state index in [1.54, 1.807) is 12.1 Å². The van der Waals surface area contributed by atoms with Crippen LogP contribution in [-0.4, -0.2) is 24.2 Å². The van der Waals surface area contributed by atoms with Crippen LogP contribution in [-0.2, 0) is 11.3 Å². The average molecular weight is 343 g/mol. The number of rotatable bonds is 7. The molecule has 1 aromatic carbocycles. The molecule has 0 bridgehead atoms. The third kappa shape index (κ3) is 4.54. The smallest absolute Gasteiger partial charge is 0.273 e. The van der Waals surface area contributed by atoms with Gasteiger partial charge in [-0.25, -0.2) is 0 Å². The van der Waals surface area contributed by atoms with Crippen LogP contribution in [0.25, 0.3) is 0 Å². The van der Waals surface area contributed by atoms with Crippen LogP contribution >= 0.6 is 15.9 Å². The summed E-state index contributed by atoms with van der Waals surface area (Å²) in [7, 11) is 0. The SMILES string of the molecule is O=[N+]([O-])c1ccc(Br)cc1CNCCOC1CCCC1. The lowest BCUT2D eigenvalue weighted by atomic mass is 10.2. The molecule has 0 spiro atoms. The number of benzene rings is 1. The Balaban J connectivity index is 1.75. The van der Waals surface area contributed by atoms with Crippen molar-refractivity contribution in [3.8, 4) is 0 Å². The maximum Gasteiger partial charge on any atom is 0.273 e. The second-order valence-electron chi connectivity index (χ2n) is 4.98. The summed E-state index contributed by atoms with van der Waals surface area (Å²) in [6.45, 7) is 1.84. The number of nitro benzene ring substituents is 1. The summed E-state index contributed by atoms with van der Waals surface area (Å²) in [4.78, 5) is 10.6. The minimum Gasteiger partial charge on any atom is -0.377 e. The first-order valence-corrected chi connectivity index (χ1v) is 7.71. The molecule has 1 aromatic rings. The van der Waals surface area contributed by atoms with Gasteiger partial charge in [0, 0.05) is 29.2 Å². The Bertz CT molecular complexity index is 462. The molecule has 0 amide bonds. The zero-order chi connectivity index (χ0) is 14.4. The van der Waals surface area contributed by atoms with Gasteiger partial charge in [-0.2, -0.15) is 0 Å². The molecule has 0 unspecified atom stereocenters. The second-order valence-corrected chi connectivity index (χ2v) is 5.90. The van der Waals surface area contributed by atoms with Gasteiger partial charge in [0.1, 0.15) is 0 Å². The molecule has 0 atom stereocenters. The highest BCUT2D eigenvalue weighted by Gasteiger charge is 2.15. The van der Waals surface area contributed by atoms with Crippen molar-refractivity contribution in [3.05, 3.63) is 38.3 Å². The fourth-order valence-corrected chi connectivity index (χ4v) is 2.86. The number of nitro groups is 1. The standard InChI is InChI=1S/C14H19BrN2O3/c15-12-5-6-14(17(18)19)11(9-12)10-16-7-8-20-13-3-1-2-4-13/h5-6,9,13,16H,1-4,7-8,10H2. The summed E-state index contributed by atoms with van der Waals surface area (Å²) in [5, 5.41) is 14.1. The highest BCUT2D eigenvalue weighted by atomic mass is 79.9. The van der Waals surface area contributed by atoms with E-state index < -0.39 is 0 Å². The number of nitrogens with one attached hydrogen (secondary N) is 1. The molecule has 1 aliphatic carbocycles. The van der Waals surface area contributed by atoms with Crippen molar-refractivity contribution < 1.29 is 9.66 Å². The molecular formula is C14H19BrN2O3. The van der Waals surface area contributed by atoms with Gasteiger partial charge in [-0.3, -0.25) is 10.1 Å². The van der Waals surface area contributed by atoms with Gasteiger partial charge in [-0.15, -0.1) is 0 Å². The zero-order valence-electron chi connectivity index (χ0n) is 11.3. The number of hydrogen-bond acceptors (Lipinski definition) is 4. The van der Waals surface area contributed by atoms with Crippen molar-refractivity contribution in [3.63, 3.8) is 0 Å². The summed E-state index contributed by atoms with van der Waals surface area (Å²) in [6.07, 6.45) is 5.27. The Kier molecular flexibility index (Phi) is 5.94. The Morgan fingerprint density at radius 3 is 2.85 bits per heavy atom. The maximum absolute atomic E-state index is 10.9. The van der Waals surface area contributed by atoms with E-state index in [9.17, 15) is 10.1 Å². The Morgan fingerprint density at radius 2 is 2.15 bits per heavy atom. The molecule has 2 rings (SSSR count). The lowest BCUT2D eigenvalue weighted by Gasteiger charge is -2.11. The lowest BCUT2D eigenvalue weighted by Crippen LogP contribution is -2.22. The van der Waals surface area contributed by atoms with E-state index in [0.29, 0.717) is 31.4 Å². The normalized spacial score (nSPS) is 15.7. The molecule has 6 heteroatoms. The van der Waals surface area contributed by atoms with Crippen LogP contribution in [0.15, 0.2) is 22.7 Å². The quantitative estimate of drug-likeness (QED) is 0.468. The number of halogens is 1. The molecule has 1 fully saturated rings. The number of hydrogen-bond donors (Lipinski definition) is 1. The van der Waals surface area contributed by atoms with E-state index in [-0.39, 0.29) is 10.6 Å². The van der Waals surface area contributed by atoms with Crippen molar-refractivity contribution in [2.24, 2.45) is 0 Å². The van der Waals surface area contributed by atoms with Gasteiger partial charge in [-0.1, -0.05) is 28.8 Å². The minimum atomic E-state index is -0.349. The Hall–Kier alpha value is -0.980. The molecule has 110 valence electrons. The summed E-state index contributed by atoms with van der Waals surface area (Å²) < 4.78 is 6.59. The molecular weight excluding hydrogens is 324 g/mol. The summed E-state index contributed by atoms with van der Waals surface area (Å²) >= 11 is 3.34. The monoisotopic (exact) mass is 342 g/mol. The van der Waals surface area contributed by atoms with Crippen LogP contribution < -0.4 is 5.32 Å². The van der Waals surface area contributed by atoms with Crippen molar-refractivity contribution in [1.82, 2.24) is 5.32 Å². The van der Waals surface area contributed by atoms with Crippen molar-refractivity contribution >= 4 is 21.6 Å². The fourth-order valence-electron chi connectivity index (χ4n) is 2.45. The summed E-state index contributed by atoms with van der Waals surface area (Å²) in [5.41, 5.74) is 0.836. The predicted octanol–water partition coefficient (Wildman–Crippen LogP) is 3.41. The molecule has 0 heterocycles. The highest BCUT2D eigenvalue weighted by molar-refractivity contribution is 9.10. The topological polar surface area (TPSA) is 64.4 Å². The molecule has 1 saturated carbocycles. The molecule has 0 saturated heterocycles. The van der Waals surface area contributed by atoms with Gasteiger partial charge in [-0.05, 0) is 25.0 Å². The van der Waals surface area contributed by atoms with Crippen LogP contribution in [0.1, 0.15) is 31.2 Å². The molecule has 0 aliphatic heterocycles. The van der Waals surface area contributed by atoms with E-state index in [4.69, 9.17) is 4.74 Å². The molecule has 0 aromatic heterocycles. The van der Waals surface area contributed by atoms with Crippen LogP contribution in [0.5, 0.6) is 0 Å². The van der Waals surface area contributed by atoms with Gasteiger partial charge in [0.05, 0.1) is 17.6 Å². The fraction of sp³-hybridized carbons (Fsp3) is 0.571. The van der Waals surface area contributed by atoms with Crippen LogP contribution in [0.2, 0.25) is 0 Å². The average Bonchev–Trinajstić information content (AvgIpc) is 2.91. The number of ether oxygens (including phenoxy) is 1. The van der Waals surface area contributed by atoms with Gasteiger partial charge in [0.15, 0.2) is 0 Å². The minimum absolute atomic E-state index is 0.150. The molecule has 1 N–H and O–H groups in total. The van der Waals surface area contributed by atoms with E-state index in [1.165, 1.54) is 18.9 Å². The van der Waals surface area contributed by atoms with Crippen LogP contribution in [0.4, 0.5) is 5.69 Å². The van der Waals surface area contributed by atoms with Gasteiger partial charge < -0.3 is 10.1 Å². The predicted molar refractivity (Wildman–Crippen MR) is 80.7 cm³/mol. The molecule has 0 radical (unpaired) electrons. The van der Waals surface area contributed by atoms with Gasteiger partial charge >= 0.3 is 0 Å². The molecule has 5 nitrogen and oxygen atoms in total. The molecule has 1 aliphatic rings. The third-order valence-corrected chi connectivity index (χ3v) is 3.98. The largest absolute Gasteiger partial charge is 0.377 e. The van der Waals surface area contributed by atoms with E-state index in [2.05, 4.69) is 21.2 Å². The highest BCUT2D eigenvalue weighted by Crippen LogP contribution is 2.23. The first-order valence-electron chi connectivity index (χ1n) is 6.92. The van der Waals surface area contributed by atoms with Gasteiger partial charge in [0.25, 0.3) is 5.69 Å². The van der Waals surface area contributed by atoms with E-state index in [1.807, 2.05) is 0 Å². The second kappa shape index (κ2) is 7.71. The van der Waals surface area contributed by atoms with E-state index in [0.717, 1.165) is 17.3 Å². The maximum atomic E-state index is 10.9. The van der Waals surface area contributed by atoms with Gasteiger partial charge in [0.2, 0.25) is 0 Å². The number of nitrogens with zero attached hydrogens (tertiary/aromatic N) is 1. The van der Waals surface area contributed by atoms with Crippen molar-refractivity contribution in [1.29, 1.82) is 0 Å². The Morgan fingerprint density at radius 1 is 1.40 bits per heavy atom. The summed E-state index contributed by atoms with van der Waals surface area (Å²) in [6, 6.07) is 4.99. The first-order chi connectivity index (χ1) is 9.66. The first kappa shape index (κ1) is 15.4. The van der Waals surface area contributed by atoms with Crippen molar-refractivity contribution in [2.45, 2.75) is 38.3 Å². The third-order valence-electron chi connectivity index (χ3n) is 3.49. The molecule has 20 heavy (non-hydrogen) atoms. The van der Waals surface area contributed by atoms with Crippen molar-refractivity contribution in [2.75, 3.05) is 13.2 Å². The Labute approximate surface area is 127 Å². The summed E-state index contributed by atoms with van der Waals surface area (Å²) in [5.74, 6) is 0.